The van der Waals surface area contributed by atoms with Crippen LogP contribution in [0.2, 0.25) is 18.1 Å². The molecule has 0 bridgehead atoms. The van der Waals surface area contributed by atoms with Crippen LogP contribution in [0.4, 0.5) is 29.7 Å². The summed E-state index contributed by atoms with van der Waals surface area (Å²) in [5, 5.41) is 77.7. The first-order chi connectivity index (χ1) is 56.0. The molecule has 116 heavy (non-hydrogen) atoms. The molecule has 5 amide bonds. The zero-order chi connectivity index (χ0) is 81.7. The molecule has 0 radical (unpaired) electrons. The summed E-state index contributed by atoms with van der Waals surface area (Å²) < 4.78 is 97.4. The number of fused-ring (bicyclic) bond motifs is 1. The third kappa shape index (κ3) is 23.5. The molecule has 0 aromatic heterocycles. The lowest BCUT2D eigenvalue weighted by Gasteiger charge is -2.51. The highest BCUT2D eigenvalue weighted by atomic mass is 28.4. The average molecular weight is 1620 g/mol. The number of rotatable bonds is 31. The predicted molar refractivity (Wildman–Crippen MR) is 418 cm³/mol. The number of nitrogens with one attached hydrogen (secondary N) is 6. The van der Waals surface area contributed by atoms with E-state index in [0.29, 0.717) is 39.1 Å². The van der Waals surface area contributed by atoms with Crippen LogP contribution in [0, 0.1) is 0 Å². The van der Waals surface area contributed by atoms with Crippen molar-refractivity contribution < 1.29 is 120 Å². The first-order valence-corrected chi connectivity index (χ1v) is 41.5. The molecule has 12 rings (SSSR count). The van der Waals surface area contributed by atoms with Gasteiger partial charge in [0.1, 0.15) is 124 Å². The van der Waals surface area contributed by atoms with Gasteiger partial charge in [-0.05, 0) is 64.5 Å². The number of aromatic hydroxyl groups is 1. The second kappa shape index (κ2) is 40.8. The van der Waals surface area contributed by atoms with E-state index in [1.165, 1.54) is 12.1 Å². The highest BCUT2D eigenvalue weighted by Crippen LogP contribution is 2.42. The molecular formula is C84H102N6O25Si. The minimum atomic E-state index is -2.84. The fraction of sp³-hybridized carbons (Fsp3) is 0.440. The van der Waals surface area contributed by atoms with Crippen LogP contribution in [0.1, 0.15) is 66.9 Å². The summed E-state index contributed by atoms with van der Waals surface area (Å²) in [6, 6.07) is 53.2. The molecule has 5 fully saturated rings. The van der Waals surface area contributed by atoms with Crippen molar-refractivity contribution in [3.05, 3.63) is 240 Å². The number of carbonyl (C=O) groups is 5. The monoisotopic (exact) mass is 1620 g/mol. The summed E-state index contributed by atoms with van der Waals surface area (Å²) >= 11 is 0. The maximum atomic E-state index is 14.7. The first kappa shape index (κ1) is 85.5. The van der Waals surface area contributed by atoms with Gasteiger partial charge in [0.05, 0.1) is 31.9 Å². The molecule has 1 saturated carbocycles. The van der Waals surface area contributed by atoms with E-state index >= 15 is 0 Å². The van der Waals surface area contributed by atoms with Crippen LogP contribution in [0.15, 0.2) is 206 Å². The van der Waals surface area contributed by atoms with Gasteiger partial charge in [-0.1, -0.05) is 209 Å². The lowest BCUT2D eigenvalue weighted by molar-refractivity contribution is -0.358. The molecule has 11 N–H and O–H groups in total. The largest absolute Gasteiger partial charge is 0.508 e. The highest BCUT2D eigenvalue weighted by molar-refractivity contribution is 6.74. The minimum absolute atomic E-state index is 0.0120. The van der Waals surface area contributed by atoms with Crippen molar-refractivity contribution >= 4 is 44.5 Å². The average Bonchev–Trinajstić information content (AvgIpc) is 1.36. The fourth-order valence-corrected chi connectivity index (χ4v) is 14.7. The summed E-state index contributed by atoms with van der Waals surface area (Å²) in [5.74, 6) is -0.0384. The van der Waals surface area contributed by atoms with Crippen molar-refractivity contribution in [3.63, 3.8) is 0 Å². The Morgan fingerprint density at radius 1 is 0.466 bits per heavy atom. The Kier molecular flexibility index (Phi) is 30.1. The van der Waals surface area contributed by atoms with Gasteiger partial charge in [-0.3, -0.25) is 0 Å². The summed E-state index contributed by atoms with van der Waals surface area (Å²) in [6.07, 6.45) is -31.2. The molecule has 20 atom stereocenters. The number of hydrogen-bond donors (Lipinski definition) is 11. The minimum Gasteiger partial charge on any atom is -0.508 e. The number of ether oxygens (including phenoxy) is 14. The Balaban J connectivity index is 0.940. The highest BCUT2D eigenvalue weighted by Gasteiger charge is 2.59. The fourth-order valence-electron chi connectivity index (χ4n) is 13.7. The maximum absolute atomic E-state index is 14.7. The van der Waals surface area contributed by atoms with Crippen LogP contribution in [0.5, 0.6) is 5.75 Å². The zero-order valence-electron chi connectivity index (χ0n) is 64.9. The van der Waals surface area contributed by atoms with Gasteiger partial charge >= 0.3 is 30.5 Å². The van der Waals surface area contributed by atoms with Crippen LogP contribution >= 0.6 is 0 Å². The van der Waals surface area contributed by atoms with E-state index in [0.717, 1.165) is 0 Å². The molecule has 5 aliphatic rings. The summed E-state index contributed by atoms with van der Waals surface area (Å²) in [7, 11) is -2.84. The molecule has 4 aliphatic heterocycles. The van der Waals surface area contributed by atoms with E-state index in [2.05, 4.69) is 31.9 Å². The van der Waals surface area contributed by atoms with Gasteiger partial charge in [0.15, 0.2) is 33.5 Å². The molecule has 7 aromatic carbocycles. The van der Waals surface area contributed by atoms with Crippen molar-refractivity contribution in [1.29, 1.82) is 0 Å². The molecule has 1 aliphatic carbocycles. The molecule has 1 unspecified atom stereocenters. The van der Waals surface area contributed by atoms with E-state index in [9.17, 15) is 49.5 Å². The molecule has 4 heterocycles. The number of anilines is 1. The first-order valence-electron chi connectivity index (χ1n) is 38.6. The number of aliphatic hydroxyl groups excluding tert-OH is 4. The van der Waals surface area contributed by atoms with Gasteiger partial charge in [0, 0.05) is 30.4 Å². The topological polar surface area (TPSA) is 397 Å². The molecular weight excluding hydrogens is 1520 g/mol. The summed E-state index contributed by atoms with van der Waals surface area (Å²) in [6.45, 7) is 7.85. The Morgan fingerprint density at radius 2 is 0.922 bits per heavy atom. The third-order valence-electron chi connectivity index (χ3n) is 20.9. The summed E-state index contributed by atoms with van der Waals surface area (Å²) in [4.78, 5) is 70.9. The molecule has 622 valence electrons. The van der Waals surface area contributed by atoms with Gasteiger partial charge in [0.25, 0.3) is 0 Å². The number of alkyl carbamates (subject to hydrolysis) is 5. The molecule has 0 spiro atoms. The lowest BCUT2D eigenvalue weighted by Crippen LogP contribution is -2.71. The third-order valence-corrected chi connectivity index (χ3v) is 25.4. The zero-order valence-corrected chi connectivity index (χ0v) is 65.9. The Labute approximate surface area is 672 Å². The van der Waals surface area contributed by atoms with E-state index < -0.39 is 173 Å². The van der Waals surface area contributed by atoms with E-state index in [1.54, 1.807) is 182 Å². The SMILES string of the molecule is CC(C)(C)[Si](C)(C)OC[C@H]1O[C@@H](O[C@@H]2[C@@H](O)[C@H](NC(=O)OCc3ccccc3)C[C@H](NC(=O)OCc3ccccc3)[C@H]2O[C@H]2O[C@@H]3COC(c4ccccc4)O[C@H]3[C@H](O)[C@H]2NC(=O)OCc2ccccc2)[C@H](OCCNc2cccc(O)c2)[C@@H]1O[C@H]1O[C@@H](CNC(=O)OCc2ccccc2)[C@@H](O)[C@H](O)[C@H]1NC(=O)OCc1ccccc1. The van der Waals surface area contributed by atoms with Crippen LogP contribution in [-0.2, 0) is 104 Å². The van der Waals surface area contributed by atoms with Crippen molar-refractivity contribution in [3.8, 4) is 5.75 Å². The number of hydrogen-bond acceptors (Lipinski definition) is 26. The summed E-state index contributed by atoms with van der Waals surface area (Å²) in [5.41, 5.74) is 4.26. The van der Waals surface area contributed by atoms with Crippen LogP contribution in [0.25, 0.3) is 0 Å². The van der Waals surface area contributed by atoms with E-state index in [1.807, 2.05) is 46.0 Å². The number of benzene rings is 7. The Bertz CT molecular complexity index is 4230. The van der Waals surface area contributed by atoms with Gasteiger partial charge in [0.2, 0.25) is 0 Å². The van der Waals surface area contributed by atoms with Crippen LogP contribution < -0.4 is 31.9 Å². The lowest BCUT2D eigenvalue weighted by atomic mass is 9.83. The van der Waals surface area contributed by atoms with Gasteiger partial charge < -0.3 is 128 Å². The van der Waals surface area contributed by atoms with Crippen LogP contribution in [0.3, 0.4) is 0 Å². The standard InChI is InChI=1S/C84H102N6O25Si/c1-84(2,3)116(4,5)108-50-63-72(114-76-64(89-82(99)106-47-54-31-18-9-19-32-54)68(94)67(93)61(109-76)43-86-79(96)103-44-51-25-12-6-13-26-51)74(101-40-39-85-57-37-24-38-58(91)41-57)78(111-63)115-73-66(92)59(87-80(97)104-45-52-27-14-7-15-28-52)42-60(88-81(98)105-46-53-29-16-8-17-30-53)70(73)112-77-65(90-83(100)107-48-55-33-20-10-21-34-55)69(95)71-62(110-77)49-102-75(113-71)56-35-22-11-23-36-56/h6-38,41,59-78,85,91-95H,39-40,42-50H2,1-5H3,(H,86,96)(H,87,97)(H,88,98)(H,89,99)(H,90,100)/t59-,60+,61+,62-,63-,64-,65-,66+,67-,68-,69-,70-,71-,72-,73-,74-,75?,76-,77-,78+/m1/s1. The number of carbonyl (C=O) groups excluding carboxylic acids is 5. The number of amides is 5. The van der Waals surface area contributed by atoms with Crippen molar-refractivity contribution in [2.45, 2.75) is 201 Å². The van der Waals surface area contributed by atoms with Crippen molar-refractivity contribution in [2.24, 2.45) is 0 Å². The van der Waals surface area contributed by atoms with Gasteiger partial charge in [-0.2, -0.15) is 0 Å². The molecule has 31 nitrogen and oxygen atoms in total. The van der Waals surface area contributed by atoms with E-state index in [4.69, 9.17) is 70.7 Å². The van der Waals surface area contributed by atoms with Crippen molar-refractivity contribution in [1.82, 2.24) is 26.6 Å². The number of phenols is 1. The molecule has 32 heteroatoms. The maximum Gasteiger partial charge on any atom is 0.407 e. The number of phenolic OH excluding ortho intramolecular Hbond substituents is 1. The smallest absolute Gasteiger partial charge is 0.407 e. The predicted octanol–water partition coefficient (Wildman–Crippen LogP) is 8.61. The molecule has 4 saturated heterocycles. The second-order valence-corrected chi connectivity index (χ2v) is 35.0. The van der Waals surface area contributed by atoms with Crippen LogP contribution in [-0.4, -0.2) is 214 Å². The normalized spacial score (nSPS) is 27.8. The Morgan fingerprint density at radius 3 is 1.44 bits per heavy atom. The van der Waals surface area contributed by atoms with Crippen molar-refractivity contribution in [2.75, 3.05) is 38.2 Å². The van der Waals surface area contributed by atoms with E-state index in [-0.39, 0.29) is 71.6 Å². The number of aliphatic hydroxyl groups is 4. The second-order valence-electron chi connectivity index (χ2n) is 30.2. The van der Waals surface area contributed by atoms with Gasteiger partial charge in [-0.25, -0.2) is 24.0 Å². The molecule has 7 aromatic rings. The Hall–Kier alpha value is -9.85. The van der Waals surface area contributed by atoms with Gasteiger partial charge in [-0.15, -0.1) is 0 Å². The quantitative estimate of drug-likeness (QED) is 0.0110.